The Morgan fingerprint density at radius 2 is 1.58 bits per heavy atom. The molecule has 4 aliphatic heterocycles. The summed E-state index contributed by atoms with van der Waals surface area (Å²) in [6.07, 6.45) is -8.74. The zero-order valence-electron chi connectivity index (χ0n) is 36.9. The lowest BCUT2D eigenvalue weighted by Gasteiger charge is -2.52. The van der Waals surface area contributed by atoms with Crippen molar-refractivity contribution in [3.8, 4) is 0 Å². The number of aliphatic hydroxyl groups is 4. The van der Waals surface area contributed by atoms with E-state index >= 15 is 0 Å². The number of aliphatic hydroxyl groups excluding tert-OH is 2. The molecule has 0 aliphatic carbocycles. The number of esters is 1. The molecule has 4 heterocycles. The lowest BCUT2D eigenvalue weighted by atomic mass is 9.72. The molecule has 0 spiro atoms. The zero-order valence-corrected chi connectivity index (χ0v) is 36.9. The molecule has 3 unspecified atom stereocenters. The van der Waals surface area contributed by atoms with Crippen LogP contribution in [0.2, 0.25) is 0 Å². The van der Waals surface area contributed by atoms with E-state index in [1.807, 2.05) is 53.6 Å². The molecule has 4 fully saturated rings. The molecule has 5 N–H and O–H groups in total. The van der Waals surface area contributed by atoms with Gasteiger partial charge in [-0.1, -0.05) is 27.7 Å². The molecule has 0 amide bonds. The molecule has 4 saturated heterocycles. The van der Waals surface area contributed by atoms with Crippen molar-refractivity contribution < 1.29 is 67.9 Å². The van der Waals surface area contributed by atoms with Gasteiger partial charge in [-0.2, -0.15) is 0 Å². The highest BCUT2D eigenvalue weighted by molar-refractivity contribution is 5.73. The standard InChI is InChI=1S/C41H76N2O14/c1-15-28-41(10,48)35-23(4)30(42-38(57-35)51-17-16-49-13)21(2)19-39(8,47)34(56-37-31(44)27(43(11)12)18-22(3)52-37)24(5)32(25(6)36(46)54-28)55-29-20-40(9,50-14)33(45)26(7)53-29/h21-35,37-38,42,44-45,47-48H,15-20H2,1-14H3/t21-,22-,23+,24+,25-,26+,27+,28?,29+,30+,31-,32?,33+,34-,35-,37+,38?,39-,40-,41-/m1/s1. The molecule has 57 heavy (non-hydrogen) atoms. The first-order valence-electron chi connectivity index (χ1n) is 20.9. The van der Waals surface area contributed by atoms with Crippen LogP contribution in [-0.4, -0.2) is 170 Å². The minimum absolute atomic E-state index is 0.135. The van der Waals surface area contributed by atoms with Crippen molar-refractivity contribution in [1.29, 1.82) is 0 Å². The van der Waals surface area contributed by atoms with E-state index in [1.165, 1.54) is 7.11 Å². The Bertz CT molecular complexity index is 1280. The highest BCUT2D eigenvalue weighted by atomic mass is 16.7. The fourth-order valence-electron chi connectivity index (χ4n) is 9.82. The van der Waals surface area contributed by atoms with Crippen molar-refractivity contribution in [3.63, 3.8) is 0 Å². The third kappa shape index (κ3) is 10.9. The molecule has 0 aromatic heterocycles. The Hall–Kier alpha value is -1.09. The van der Waals surface area contributed by atoms with E-state index in [0.29, 0.717) is 13.0 Å². The molecule has 0 aromatic rings. The van der Waals surface area contributed by atoms with E-state index in [2.05, 4.69) is 5.32 Å². The third-order valence-corrected chi connectivity index (χ3v) is 13.2. The van der Waals surface area contributed by atoms with Crippen LogP contribution in [0, 0.1) is 23.7 Å². The first-order valence-corrected chi connectivity index (χ1v) is 20.9. The second-order valence-electron chi connectivity index (χ2n) is 18.2. The highest BCUT2D eigenvalue weighted by Crippen LogP contribution is 2.43. The van der Waals surface area contributed by atoms with E-state index in [-0.39, 0.29) is 55.9 Å². The molecule has 0 radical (unpaired) electrons. The predicted molar refractivity (Wildman–Crippen MR) is 209 cm³/mol. The van der Waals surface area contributed by atoms with Crippen molar-refractivity contribution in [1.82, 2.24) is 10.2 Å². The lowest BCUT2D eigenvalue weighted by molar-refractivity contribution is -0.319. The Labute approximate surface area is 340 Å². The van der Waals surface area contributed by atoms with Gasteiger partial charge >= 0.3 is 5.97 Å². The van der Waals surface area contributed by atoms with Gasteiger partial charge in [-0.25, -0.2) is 0 Å². The van der Waals surface area contributed by atoms with Gasteiger partial charge < -0.3 is 68.0 Å². The van der Waals surface area contributed by atoms with Crippen LogP contribution in [0.3, 0.4) is 0 Å². The van der Waals surface area contributed by atoms with Gasteiger partial charge in [0.1, 0.15) is 23.9 Å². The fourth-order valence-corrected chi connectivity index (χ4v) is 9.82. The number of carbonyl (C=O) groups is 1. The van der Waals surface area contributed by atoms with Crippen LogP contribution in [0.5, 0.6) is 0 Å². The summed E-state index contributed by atoms with van der Waals surface area (Å²) in [4.78, 5) is 16.4. The average molecular weight is 821 g/mol. The number of nitrogens with one attached hydrogen (secondary N) is 1. The minimum Gasteiger partial charge on any atom is -0.459 e. The average Bonchev–Trinajstić information content (AvgIpc) is 3.14. The smallest absolute Gasteiger partial charge is 0.311 e. The van der Waals surface area contributed by atoms with E-state index < -0.39 is 96.3 Å². The number of carbonyl (C=O) groups excluding carboxylic acids is 1. The van der Waals surface area contributed by atoms with Gasteiger partial charge in [0.2, 0.25) is 6.41 Å². The largest absolute Gasteiger partial charge is 0.459 e. The summed E-state index contributed by atoms with van der Waals surface area (Å²) in [6.45, 7) is 18.6. The van der Waals surface area contributed by atoms with Crippen LogP contribution in [0.4, 0.5) is 0 Å². The number of fused-ring (bicyclic) bond motifs is 2. The second kappa shape index (κ2) is 19.7. The number of rotatable bonds is 11. The molecule has 2 bridgehead atoms. The Kier molecular flexibility index (Phi) is 16.8. The lowest BCUT2D eigenvalue weighted by Crippen LogP contribution is -2.67. The van der Waals surface area contributed by atoms with Crippen LogP contribution in [-0.2, 0) is 47.4 Å². The van der Waals surface area contributed by atoms with Gasteiger partial charge in [-0.15, -0.1) is 0 Å². The van der Waals surface area contributed by atoms with Gasteiger partial charge in [0, 0.05) is 44.6 Å². The maximum atomic E-state index is 14.5. The van der Waals surface area contributed by atoms with E-state index in [0.717, 1.165) is 0 Å². The number of hydrogen-bond acceptors (Lipinski definition) is 16. The Balaban J connectivity index is 1.84. The molecule has 0 aromatic carbocycles. The molecule has 4 rings (SSSR count). The number of methoxy groups -OCH3 is 2. The molecule has 16 heteroatoms. The van der Waals surface area contributed by atoms with Gasteiger partial charge in [0.15, 0.2) is 12.6 Å². The summed E-state index contributed by atoms with van der Waals surface area (Å²) in [7, 11) is 6.87. The van der Waals surface area contributed by atoms with Crippen LogP contribution < -0.4 is 5.32 Å². The number of nitrogens with zero attached hydrogens (tertiary/aromatic N) is 1. The van der Waals surface area contributed by atoms with Crippen LogP contribution >= 0.6 is 0 Å². The zero-order chi connectivity index (χ0) is 42.8. The molecular weight excluding hydrogens is 744 g/mol. The second-order valence-corrected chi connectivity index (χ2v) is 18.2. The summed E-state index contributed by atoms with van der Waals surface area (Å²) in [5.74, 6) is -3.04. The summed E-state index contributed by atoms with van der Waals surface area (Å²) in [5, 5.41) is 51.3. The molecule has 16 nitrogen and oxygen atoms in total. The number of ether oxygens (including phenoxy) is 9. The minimum atomic E-state index is -1.67. The molecule has 334 valence electrons. The maximum Gasteiger partial charge on any atom is 0.311 e. The van der Waals surface area contributed by atoms with E-state index in [9.17, 15) is 25.2 Å². The van der Waals surface area contributed by atoms with Crippen LogP contribution in [0.1, 0.15) is 94.9 Å². The fraction of sp³-hybridized carbons (Fsp3) is 0.976. The quantitative estimate of drug-likeness (QED) is 0.150. The van der Waals surface area contributed by atoms with Crippen molar-refractivity contribution >= 4 is 5.97 Å². The predicted octanol–water partition coefficient (Wildman–Crippen LogP) is 2.16. The normalized spacial score (nSPS) is 49.3. The van der Waals surface area contributed by atoms with E-state index in [1.54, 1.807) is 41.7 Å². The van der Waals surface area contributed by atoms with Gasteiger partial charge in [0.05, 0.1) is 60.9 Å². The topological polar surface area (TPSA) is 196 Å². The SMILES string of the molecule is CCC1OC(=O)[C@H](C)C(O[C@H]2C[C@@](C)(OC)[C@@H](O)[C@H](C)O2)[C@H](C)[C@@H](O[C@@H]2O[C@H](C)C[C@H](N(C)C)[C@H]2O)[C@](C)(O)C[C@@H](C)[C@@H]2NC(OCCOC)O[C@H]([C@H]2C)[C@]1(C)O. The number of likely N-dealkylation sites (N-methyl/N-ethyl adjacent to an activating group) is 1. The third-order valence-electron chi connectivity index (χ3n) is 13.2. The molecule has 20 atom stereocenters. The Morgan fingerprint density at radius 1 is 0.912 bits per heavy atom. The Morgan fingerprint density at radius 3 is 2.18 bits per heavy atom. The van der Waals surface area contributed by atoms with Crippen LogP contribution in [0.25, 0.3) is 0 Å². The van der Waals surface area contributed by atoms with Crippen molar-refractivity contribution in [3.05, 3.63) is 0 Å². The number of hydrogen-bond donors (Lipinski definition) is 5. The molecular formula is C41H76N2O14. The van der Waals surface area contributed by atoms with Gasteiger partial charge in [0.25, 0.3) is 0 Å². The highest BCUT2D eigenvalue weighted by Gasteiger charge is 2.55. The number of cyclic esters (lactones) is 1. The summed E-state index contributed by atoms with van der Waals surface area (Å²) >= 11 is 0. The van der Waals surface area contributed by atoms with E-state index in [4.69, 9.17) is 42.6 Å². The summed E-state index contributed by atoms with van der Waals surface area (Å²) < 4.78 is 55.7. The summed E-state index contributed by atoms with van der Waals surface area (Å²) in [5.41, 5.74) is -4.32. The summed E-state index contributed by atoms with van der Waals surface area (Å²) in [6, 6.07) is -0.650. The van der Waals surface area contributed by atoms with Crippen molar-refractivity contribution in [2.75, 3.05) is 41.5 Å². The van der Waals surface area contributed by atoms with Crippen LogP contribution in [0.15, 0.2) is 0 Å². The molecule has 4 aliphatic rings. The maximum absolute atomic E-state index is 14.5. The van der Waals surface area contributed by atoms with Crippen molar-refractivity contribution in [2.45, 2.75) is 192 Å². The first kappa shape index (κ1) is 48.6. The van der Waals surface area contributed by atoms with Gasteiger partial charge in [-0.3, -0.25) is 10.1 Å². The first-order chi connectivity index (χ1) is 26.5. The van der Waals surface area contributed by atoms with Crippen molar-refractivity contribution in [2.24, 2.45) is 23.7 Å². The molecule has 0 saturated carbocycles. The van der Waals surface area contributed by atoms with Gasteiger partial charge in [-0.05, 0) is 80.8 Å². The monoisotopic (exact) mass is 821 g/mol.